The van der Waals surface area contributed by atoms with Gasteiger partial charge >= 0.3 is 0 Å². The molecule has 1 rings (SSSR count). The van der Waals surface area contributed by atoms with Crippen LogP contribution in [-0.4, -0.2) is 10.7 Å². The van der Waals surface area contributed by atoms with Gasteiger partial charge in [0.25, 0.3) is 5.69 Å². The number of hydrogen-bond acceptors (Lipinski definition) is 4. The van der Waals surface area contributed by atoms with Crippen LogP contribution in [0, 0.1) is 28.4 Å². The number of Topliss-reactive ketones (excluding diaryl/α,β-unsaturated/α-hetero) is 1. The van der Waals surface area contributed by atoms with Gasteiger partial charge < -0.3 is 0 Å². The Kier molecular flexibility index (Phi) is 2.81. The van der Waals surface area contributed by atoms with E-state index in [4.69, 9.17) is 5.26 Å². The van der Waals surface area contributed by atoms with Crippen LogP contribution in [0.15, 0.2) is 12.1 Å². The molecule has 76 valence electrons. The number of rotatable bonds is 2. The van der Waals surface area contributed by atoms with Crippen LogP contribution in [0.4, 0.5) is 5.69 Å². The van der Waals surface area contributed by atoms with E-state index < -0.39 is 4.92 Å². The molecule has 1 aromatic rings. The number of ketones is 1. The van der Waals surface area contributed by atoms with Crippen LogP contribution >= 0.6 is 0 Å². The molecule has 0 fully saturated rings. The van der Waals surface area contributed by atoms with Gasteiger partial charge in [0.05, 0.1) is 4.92 Å². The number of carbonyl (C=O) groups excluding carboxylic acids is 1. The second-order valence-corrected chi connectivity index (χ2v) is 3.06. The zero-order chi connectivity index (χ0) is 11.6. The highest BCUT2D eigenvalue weighted by molar-refractivity contribution is 5.96. The van der Waals surface area contributed by atoms with Crippen LogP contribution in [0.5, 0.6) is 0 Å². The van der Waals surface area contributed by atoms with E-state index in [1.807, 2.05) is 0 Å². The number of nitrogens with zero attached hydrogens (tertiary/aromatic N) is 2. The van der Waals surface area contributed by atoms with E-state index in [0.29, 0.717) is 11.1 Å². The van der Waals surface area contributed by atoms with Crippen LogP contribution in [0.1, 0.15) is 28.4 Å². The Bertz CT molecular complexity index is 486. The predicted octanol–water partition coefficient (Wildman–Crippen LogP) is 1.98. The molecule has 0 heterocycles. The summed E-state index contributed by atoms with van der Waals surface area (Å²) in [4.78, 5) is 21.1. The van der Waals surface area contributed by atoms with E-state index in [0.717, 1.165) is 0 Å². The second-order valence-electron chi connectivity index (χ2n) is 3.06. The van der Waals surface area contributed by atoms with Crippen LogP contribution in [0.2, 0.25) is 0 Å². The number of benzene rings is 1. The van der Waals surface area contributed by atoms with Crippen molar-refractivity contribution in [2.75, 3.05) is 0 Å². The summed E-state index contributed by atoms with van der Waals surface area (Å²) < 4.78 is 0. The summed E-state index contributed by atoms with van der Waals surface area (Å²) in [7, 11) is 0. The number of carbonyl (C=O) groups is 1. The van der Waals surface area contributed by atoms with Crippen LogP contribution < -0.4 is 0 Å². The van der Waals surface area contributed by atoms with Gasteiger partial charge in [-0.1, -0.05) is 0 Å². The Morgan fingerprint density at radius 1 is 1.53 bits per heavy atom. The molecule has 0 N–H and O–H groups in total. The van der Waals surface area contributed by atoms with Crippen molar-refractivity contribution in [1.29, 1.82) is 5.26 Å². The zero-order valence-electron chi connectivity index (χ0n) is 8.27. The third-order valence-electron chi connectivity index (χ3n) is 2.13. The maximum atomic E-state index is 11.1. The Hall–Kier alpha value is -2.22. The molecule has 0 saturated carbocycles. The van der Waals surface area contributed by atoms with Gasteiger partial charge in [-0.15, -0.1) is 0 Å². The molecule has 0 unspecified atom stereocenters. The molecule has 0 atom stereocenters. The Labute approximate surface area is 86.1 Å². The van der Waals surface area contributed by atoms with Crippen molar-refractivity contribution in [3.8, 4) is 6.07 Å². The first-order valence-corrected chi connectivity index (χ1v) is 4.18. The topological polar surface area (TPSA) is 84.0 Å². The fraction of sp³-hybridized carbons (Fsp3) is 0.200. The Morgan fingerprint density at radius 3 is 2.53 bits per heavy atom. The van der Waals surface area contributed by atoms with Gasteiger partial charge in [0.15, 0.2) is 5.78 Å². The van der Waals surface area contributed by atoms with Crippen molar-refractivity contribution in [3.63, 3.8) is 0 Å². The van der Waals surface area contributed by atoms with Gasteiger partial charge in [-0.2, -0.15) is 5.26 Å². The number of nitro benzene ring substituents is 1. The average Bonchev–Trinajstić information content (AvgIpc) is 2.16. The van der Waals surface area contributed by atoms with E-state index in [1.165, 1.54) is 26.0 Å². The molecule has 0 amide bonds. The van der Waals surface area contributed by atoms with Gasteiger partial charge in [-0.05, 0) is 25.5 Å². The van der Waals surface area contributed by atoms with Crippen molar-refractivity contribution in [3.05, 3.63) is 38.9 Å². The summed E-state index contributed by atoms with van der Waals surface area (Å²) in [5, 5.41) is 19.4. The first-order valence-electron chi connectivity index (χ1n) is 4.18. The quantitative estimate of drug-likeness (QED) is 0.418. The number of hydrogen-bond donors (Lipinski definition) is 0. The van der Waals surface area contributed by atoms with E-state index >= 15 is 0 Å². The smallest absolute Gasteiger partial charge is 0.287 e. The fourth-order valence-corrected chi connectivity index (χ4v) is 1.37. The maximum Gasteiger partial charge on any atom is 0.287 e. The highest BCUT2D eigenvalue weighted by Gasteiger charge is 2.19. The molecule has 0 aliphatic heterocycles. The van der Waals surface area contributed by atoms with E-state index in [9.17, 15) is 14.9 Å². The standard InChI is InChI=1S/C10H8N2O3/c1-6-8(7(2)13)3-4-10(12(14)15)9(6)5-11/h3-4H,1-2H3. The monoisotopic (exact) mass is 204 g/mol. The lowest BCUT2D eigenvalue weighted by atomic mass is 9.99. The minimum Gasteiger partial charge on any atom is -0.295 e. The molecule has 15 heavy (non-hydrogen) atoms. The molecule has 1 aromatic carbocycles. The minimum atomic E-state index is -0.629. The molecule has 5 heteroatoms. The molecule has 0 spiro atoms. The van der Waals surface area contributed by atoms with Gasteiger partial charge in [0.1, 0.15) is 11.6 Å². The van der Waals surface area contributed by atoms with Crippen LogP contribution in [0.25, 0.3) is 0 Å². The summed E-state index contributed by atoms with van der Waals surface area (Å²) in [5.74, 6) is -0.209. The SMILES string of the molecule is CC(=O)c1ccc([N+](=O)[O-])c(C#N)c1C. The van der Waals surface area contributed by atoms with Gasteiger partial charge in [0, 0.05) is 11.6 Å². The molecule has 0 radical (unpaired) electrons. The fourth-order valence-electron chi connectivity index (χ4n) is 1.37. The minimum absolute atomic E-state index is 0.0484. The van der Waals surface area contributed by atoms with Gasteiger partial charge in [0.2, 0.25) is 0 Å². The third-order valence-corrected chi connectivity index (χ3v) is 2.13. The van der Waals surface area contributed by atoms with Crippen LogP contribution in [0.3, 0.4) is 0 Å². The van der Waals surface area contributed by atoms with Crippen molar-refractivity contribution < 1.29 is 9.72 Å². The maximum absolute atomic E-state index is 11.1. The highest BCUT2D eigenvalue weighted by atomic mass is 16.6. The van der Waals surface area contributed by atoms with E-state index in [-0.39, 0.29) is 17.0 Å². The lowest BCUT2D eigenvalue weighted by Crippen LogP contribution is -2.02. The average molecular weight is 204 g/mol. The van der Waals surface area contributed by atoms with Gasteiger partial charge in [-0.3, -0.25) is 14.9 Å². The molecule has 0 aliphatic rings. The van der Waals surface area contributed by atoms with Crippen molar-refractivity contribution in [2.24, 2.45) is 0 Å². The molecular formula is C10H8N2O3. The third kappa shape index (κ3) is 1.83. The largest absolute Gasteiger partial charge is 0.295 e. The first kappa shape index (κ1) is 10.9. The predicted molar refractivity (Wildman–Crippen MR) is 52.6 cm³/mol. The summed E-state index contributed by atoms with van der Waals surface area (Å²) in [6, 6.07) is 4.30. The second kappa shape index (κ2) is 3.88. The summed E-state index contributed by atoms with van der Waals surface area (Å²) >= 11 is 0. The summed E-state index contributed by atoms with van der Waals surface area (Å²) in [6.07, 6.45) is 0. The van der Waals surface area contributed by atoms with E-state index in [2.05, 4.69) is 0 Å². The molecule has 0 aliphatic carbocycles. The molecule has 5 nitrogen and oxygen atoms in total. The molecule has 0 bridgehead atoms. The molecule has 0 saturated heterocycles. The lowest BCUT2D eigenvalue weighted by Gasteiger charge is -2.03. The van der Waals surface area contributed by atoms with Crippen molar-refractivity contribution in [1.82, 2.24) is 0 Å². The normalized spacial score (nSPS) is 9.40. The van der Waals surface area contributed by atoms with Crippen molar-refractivity contribution >= 4 is 11.5 Å². The number of nitro groups is 1. The summed E-state index contributed by atoms with van der Waals surface area (Å²) in [6.45, 7) is 2.89. The highest BCUT2D eigenvalue weighted by Crippen LogP contribution is 2.24. The Balaban J connectivity index is 3.55. The first-order chi connectivity index (χ1) is 6.99. The number of nitriles is 1. The Morgan fingerprint density at radius 2 is 2.13 bits per heavy atom. The summed E-state index contributed by atoms with van der Waals surface area (Å²) in [5.41, 5.74) is 0.393. The van der Waals surface area contributed by atoms with Gasteiger partial charge in [-0.25, -0.2) is 0 Å². The lowest BCUT2D eigenvalue weighted by molar-refractivity contribution is -0.385. The van der Waals surface area contributed by atoms with Crippen molar-refractivity contribution in [2.45, 2.75) is 13.8 Å². The zero-order valence-corrected chi connectivity index (χ0v) is 8.27. The molecular weight excluding hydrogens is 196 g/mol. The van der Waals surface area contributed by atoms with Crippen LogP contribution in [-0.2, 0) is 0 Å². The molecule has 0 aromatic heterocycles. The van der Waals surface area contributed by atoms with E-state index in [1.54, 1.807) is 6.07 Å².